The monoisotopic (exact) mass is 465 g/mol. The second-order valence-electron chi connectivity index (χ2n) is 8.36. The Kier molecular flexibility index (Phi) is 6.44. The van der Waals surface area contributed by atoms with Crippen molar-refractivity contribution in [1.82, 2.24) is 4.90 Å². The molecular weight excluding hydrogens is 442 g/mol. The van der Waals surface area contributed by atoms with Gasteiger partial charge in [0.1, 0.15) is 18.4 Å². The first-order valence-electron chi connectivity index (χ1n) is 11.0. The van der Waals surface area contributed by atoms with Gasteiger partial charge >= 0.3 is 6.09 Å². The number of fused-ring (bicyclic) bond motifs is 1. The number of nitrogens with zero attached hydrogens (tertiary/aromatic N) is 4. The van der Waals surface area contributed by atoms with Gasteiger partial charge in [-0.25, -0.2) is 4.79 Å². The largest absolute Gasteiger partial charge is 0.496 e. The lowest BCUT2D eigenvalue weighted by Gasteiger charge is -2.45. The van der Waals surface area contributed by atoms with Gasteiger partial charge in [0.2, 0.25) is 0 Å². The van der Waals surface area contributed by atoms with E-state index in [4.69, 9.17) is 15.2 Å². The van der Waals surface area contributed by atoms with Crippen molar-refractivity contribution < 1.29 is 14.3 Å². The molecule has 2 atom stereocenters. The van der Waals surface area contributed by atoms with Crippen LogP contribution in [0.5, 0.6) is 5.75 Å². The highest BCUT2D eigenvalue weighted by atomic mass is 16.6. The Morgan fingerprint density at radius 1 is 1.11 bits per heavy atom. The van der Waals surface area contributed by atoms with Gasteiger partial charge in [-0.3, -0.25) is 0 Å². The van der Waals surface area contributed by atoms with Crippen LogP contribution in [0.3, 0.4) is 0 Å². The highest BCUT2D eigenvalue weighted by molar-refractivity contribution is 5.69. The number of carbonyl (C=O) groups is 1. The normalized spacial score (nSPS) is 20.4. The van der Waals surface area contributed by atoms with E-state index < -0.39 is 23.3 Å². The molecule has 0 fully saturated rings. The number of benzene rings is 2. The standard InChI is InChI=1S/C27H23N5O3/c1-34-23-10-6-5-9-20(23)24-22-14-32(26(33)35-15-18-7-3-2-4-8-18)12-11-19(22)21(13-28)25(31)27(24,16-29)17-30/h2-11,22,24H,12,14-15,31H2,1H3. The molecule has 2 N–H and O–H groups in total. The molecule has 1 aliphatic heterocycles. The zero-order chi connectivity index (χ0) is 25.0. The summed E-state index contributed by atoms with van der Waals surface area (Å²) in [5.74, 6) is -0.837. The lowest BCUT2D eigenvalue weighted by Crippen LogP contribution is -2.49. The van der Waals surface area contributed by atoms with Gasteiger partial charge in [-0.1, -0.05) is 54.6 Å². The van der Waals surface area contributed by atoms with Crippen LogP contribution in [-0.2, 0) is 11.3 Å². The maximum absolute atomic E-state index is 12.9. The Morgan fingerprint density at radius 2 is 1.80 bits per heavy atom. The smallest absolute Gasteiger partial charge is 0.410 e. The summed E-state index contributed by atoms with van der Waals surface area (Å²) in [5.41, 5.74) is 6.64. The minimum Gasteiger partial charge on any atom is -0.496 e. The molecule has 8 heteroatoms. The number of methoxy groups -OCH3 is 1. The van der Waals surface area contributed by atoms with Crippen molar-refractivity contribution in [3.63, 3.8) is 0 Å². The highest BCUT2D eigenvalue weighted by Gasteiger charge is 2.55. The van der Waals surface area contributed by atoms with Gasteiger partial charge in [0.25, 0.3) is 0 Å². The first kappa shape index (κ1) is 23.4. The van der Waals surface area contributed by atoms with E-state index >= 15 is 0 Å². The Bertz CT molecular complexity index is 1310. The maximum atomic E-state index is 12.9. The number of amides is 1. The number of allylic oxidation sites excluding steroid dienone is 2. The Labute approximate surface area is 203 Å². The molecule has 8 nitrogen and oxygen atoms in total. The molecule has 0 saturated carbocycles. The number of para-hydroxylation sites is 1. The van der Waals surface area contributed by atoms with Crippen LogP contribution in [0, 0.1) is 45.3 Å². The van der Waals surface area contributed by atoms with Crippen molar-refractivity contribution in [2.45, 2.75) is 12.5 Å². The van der Waals surface area contributed by atoms with E-state index in [-0.39, 0.29) is 31.0 Å². The minimum atomic E-state index is -1.82. The molecule has 2 aromatic rings. The van der Waals surface area contributed by atoms with Crippen LogP contribution in [-0.4, -0.2) is 31.2 Å². The van der Waals surface area contributed by atoms with Crippen LogP contribution in [0.4, 0.5) is 4.79 Å². The molecule has 0 radical (unpaired) electrons. The van der Waals surface area contributed by atoms with E-state index in [1.54, 1.807) is 30.3 Å². The van der Waals surface area contributed by atoms with Gasteiger partial charge in [-0.15, -0.1) is 0 Å². The predicted octanol–water partition coefficient (Wildman–Crippen LogP) is 3.76. The number of rotatable bonds is 4. The van der Waals surface area contributed by atoms with Crippen LogP contribution >= 0.6 is 0 Å². The van der Waals surface area contributed by atoms with Crippen LogP contribution in [0.15, 0.2) is 77.5 Å². The summed E-state index contributed by atoms with van der Waals surface area (Å²) in [4.78, 5) is 14.5. The van der Waals surface area contributed by atoms with Crippen molar-refractivity contribution in [2.24, 2.45) is 17.1 Å². The fraction of sp³-hybridized carbons (Fsp3) is 0.259. The molecule has 35 heavy (non-hydrogen) atoms. The number of nitriles is 3. The summed E-state index contributed by atoms with van der Waals surface area (Å²) in [7, 11) is 1.51. The zero-order valence-electron chi connectivity index (χ0n) is 19.1. The zero-order valence-corrected chi connectivity index (χ0v) is 19.1. The highest BCUT2D eigenvalue weighted by Crippen LogP contribution is 2.55. The van der Waals surface area contributed by atoms with E-state index in [1.165, 1.54) is 12.0 Å². The van der Waals surface area contributed by atoms with Gasteiger partial charge in [-0.2, -0.15) is 15.8 Å². The topological polar surface area (TPSA) is 136 Å². The summed E-state index contributed by atoms with van der Waals surface area (Å²) in [6.45, 7) is 0.471. The molecule has 0 saturated heterocycles. The number of hydrogen-bond acceptors (Lipinski definition) is 7. The molecular formula is C27H23N5O3. The molecule has 174 valence electrons. The summed E-state index contributed by atoms with van der Waals surface area (Å²) in [6.07, 6.45) is 1.23. The molecule has 4 rings (SSSR count). The van der Waals surface area contributed by atoms with Crippen molar-refractivity contribution >= 4 is 6.09 Å². The second-order valence-corrected chi connectivity index (χ2v) is 8.36. The summed E-state index contributed by atoms with van der Waals surface area (Å²) < 4.78 is 11.1. The maximum Gasteiger partial charge on any atom is 0.410 e. The van der Waals surface area contributed by atoms with Gasteiger partial charge < -0.3 is 20.1 Å². The first-order valence-corrected chi connectivity index (χ1v) is 11.0. The molecule has 1 amide bonds. The van der Waals surface area contributed by atoms with Crippen molar-refractivity contribution in [2.75, 3.05) is 20.2 Å². The molecule has 1 aliphatic carbocycles. The third-order valence-corrected chi connectivity index (χ3v) is 6.60. The minimum absolute atomic E-state index is 0.0801. The number of ether oxygens (including phenoxy) is 2. The van der Waals surface area contributed by atoms with E-state index in [0.717, 1.165) is 5.56 Å². The lowest BCUT2D eigenvalue weighted by molar-refractivity contribution is 0.0897. The molecule has 2 aliphatic rings. The van der Waals surface area contributed by atoms with Crippen molar-refractivity contribution in [1.29, 1.82) is 15.8 Å². The second kappa shape index (κ2) is 9.63. The van der Waals surface area contributed by atoms with E-state index in [9.17, 15) is 20.6 Å². The average Bonchev–Trinajstić information content (AvgIpc) is 2.91. The number of nitrogens with two attached hydrogens (primary N) is 1. The van der Waals surface area contributed by atoms with Gasteiger partial charge in [0, 0.05) is 30.5 Å². The summed E-state index contributed by atoms with van der Waals surface area (Å²) in [6, 6.07) is 22.7. The van der Waals surface area contributed by atoms with E-state index in [0.29, 0.717) is 16.9 Å². The molecule has 1 heterocycles. The van der Waals surface area contributed by atoms with E-state index in [1.807, 2.05) is 30.3 Å². The lowest BCUT2D eigenvalue weighted by atomic mass is 9.58. The molecule has 0 aromatic heterocycles. The SMILES string of the molecule is COc1ccccc1C1C2CN(C(=O)OCc3ccccc3)CC=C2C(C#N)=C(N)C1(C#N)C#N. The van der Waals surface area contributed by atoms with Crippen LogP contribution in [0.2, 0.25) is 0 Å². The Hall–Kier alpha value is -4.74. The number of carbonyl (C=O) groups excluding carboxylic acids is 1. The quantitative estimate of drug-likeness (QED) is 0.726. The average molecular weight is 466 g/mol. The third-order valence-electron chi connectivity index (χ3n) is 6.60. The predicted molar refractivity (Wildman–Crippen MR) is 126 cm³/mol. The molecule has 2 unspecified atom stereocenters. The van der Waals surface area contributed by atoms with Crippen LogP contribution in [0.25, 0.3) is 0 Å². The van der Waals surface area contributed by atoms with Crippen molar-refractivity contribution in [3.8, 4) is 24.0 Å². The fourth-order valence-electron chi connectivity index (χ4n) is 4.91. The van der Waals surface area contributed by atoms with Crippen LogP contribution in [0.1, 0.15) is 17.0 Å². The Morgan fingerprint density at radius 3 is 2.46 bits per heavy atom. The van der Waals surface area contributed by atoms with Gasteiger partial charge in [-0.05, 0) is 17.2 Å². The fourth-order valence-corrected chi connectivity index (χ4v) is 4.91. The number of hydrogen-bond donors (Lipinski definition) is 1. The summed E-state index contributed by atoms with van der Waals surface area (Å²) in [5, 5.41) is 30.4. The van der Waals surface area contributed by atoms with Crippen molar-refractivity contribution in [3.05, 3.63) is 88.6 Å². The molecule has 2 aromatic carbocycles. The summed E-state index contributed by atoms with van der Waals surface area (Å²) >= 11 is 0. The third kappa shape index (κ3) is 3.94. The van der Waals surface area contributed by atoms with Gasteiger partial charge in [0.05, 0.1) is 30.5 Å². The molecule has 0 spiro atoms. The Balaban J connectivity index is 1.76. The first-order chi connectivity index (χ1) is 17.0. The molecule has 0 bridgehead atoms. The van der Waals surface area contributed by atoms with E-state index in [2.05, 4.69) is 18.2 Å². The van der Waals surface area contributed by atoms with Crippen LogP contribution < -0.4 is 10.5 Å². The van der Waals surface area contributed by atoms with Gasteiger partial charge in [0.15, 0.2) is 5.41 Å².